The van der Waals surface area contributed by atoms with E-state index >= 15 is 0 Å². The van der Waals surface area contributed by atoms with Gasteiger partial charge in [0.25, 0.3) is 0 Å². The molecule has 11 aromatic rings. The van der Waals surface area contributed by atoms with Crippen molar-refractivity contribution in [3.05, 3.63) is 206 Å². The van der Waals surface area contributed by atoms with Crippen molar-refractivity contribution >= 4 is 81.1 Å². The Morgan fingerprint density at radius 3 is 1.62 bits per heavy atom. The normalized spacial score (nSPS) is 11.6. The van der Waals surface area contributed by atoms with Crippen LogP contribution in [0, 0.1) is 0 Å². The SMILES string of the molecule is c1ccc(-c2ccc(N(c3ccc(-c4ccccc4)cc3)c3ccc4c(c3)sc3ccc(-n5c6ccccc6c6c7ccccc7ccc65)cc34)cc2)cc1. The van der Waals surface area contributed by atoms with E-state index in [2.05, 4.69) is 216 Å². The summed E-state index contributed by atoms with van der Waals surface area (Å²) in [5.41, 5.74) is 11.8. The van der Waals surface area contributed by atoms with Gasteiger partial charge in [-0.3, -0.25) is 0 Å². The van der Waals surface area contributed by atoms with Crippen LogP contribution in [0.5, 0.6) is 0 Å². The van der Waals surface area contributed by atoms with Gasteiger partial charge < -0.3 is 9.47 Å². The zero-order chi connectivity index (χ0) is 36.3. The number of hydrogen-bond donors (Lipinski definition) is 0. The molecule has 0 fully saturated rings. The third-order valence-electron chi connectivity index (χ3n) is 11.0. The van der Waals surface area contributed by atoms with Crippen LogP contribution in [0.4, 0.5) is 17.1 Å². The van der Waals surface area contributed by atoms with E-state index in [1.807, 2.05) is 11.3 Å². The molecule has 0 radical (unpaired) electrons. The molecule has 9 aromatic carbocycles. The van der Waals surface area contributed by atoms with Crippen molar-refractivity contribution in [2.75, 3.05) is 4.90 Å². The standard InChI is InChI=1S/C52H34N2S/c1-3-11-35(12-4-1)37-19-24-40(25-20-37)53(41-26-21-38(22-27-41)36-13-5-2-6-14-36)43-28-30-45-47-33-42(29-32-50(47)55-51(45)34-43)54-48-18-10-9-17-46(48)52-44-16-8-7-15-39(44)23-31-49(52)54/h1-34H. The summed E-state index contributed by atoms with van der Waals surface area (Å²) in [5.74, 6) is 0. The lowest BCUT2D eigenvalue weighted by atomic mass is 10.0. The molecule has 0 aliphatic heterocycles. The fourth-order valence-electron chi connectivity index (χ4n) is 8.36. The maximum absolute atomic E-state index is 2.44. The van der Waals surface area contributed by atoms with Crippen molar-refractivity contribution in [3.63, 3.8) is 0 Å². The van der Waals surface area contributed by atoms with E-state index in [0.29, 0.717) is 0 Å². The van der Waals surface area contributed by atoms with Gasteiger partial charge in [0.1, 0.15) is 0 Å². The first-order valence-corrected chi connectivity index (χ1v) is 19.6. The van der Waals surface area contributed by atoms with E-state index in [-0.39, 0.29) is 0 Å². The molecule has 0 unspecified atom stereocenters. The molecule has 0 aliphatic carbocycles. The Balaban J connectivity index is 1.04. The van der Waals surface area contributed by atoms with Gasteiger partial charge in [-0.25, -0.2) is 0 Å². The van der Waals surface area contributed by atoms with E-state index in [0.717, 1.165) is 17.1 Å². The monoisotopic (exact) mass is 718 g/mol. The average Bonchev–Trinajstić information content (AvgIpc) is 3.80. The van der Waals surface area contributed by atoms with Crippen LogP contribution in [0.2, 0.25) is 0 Å². The van der Waals surface area contributed by atoms with Crippen LogP contribution in [0.1, 0.15) is 0 Å². The molecule has 2 nitrogen and oxygen atoms in total. The van der Waals surface area contributed by atoms with Crippen molar-refractivity contribution < 1.29 is 0 Å². The number of para-hydroxylation sites is 1. The topological polar surface area (TPSA) is 8.17 Å². The van der Waals surface area contributed by atoms with Crippen molar-refractivity contribution in [2.45, 2.75) is 0 Å². The van der Waals surface area contributed by atoms with Crippen molar-refractivity contribution in [2.24, 2.45) is 0 Å². The Hall–Kier alpha value is -6.94. The first kappa shape index (κ1) is 31.6. The van der Waals surface area contributed by atoms with Crippen molar-refractivity contribution in [1.29, 1.82) is 0 Å². The molecule has 0 saturated carbocycles. The lowest BCUT2D eigenvalue weighted by Gasteiger charge is -2.26. The van der Waals surface area contributed by atoms with Crippen LogP contribution < -0.4 is 4.90 Å². The number of benzene rings is 9. The van der Waals surface area contributed by atoms with Crippen LogP contribution in [0.15, 0.2) is 206 Å². The molecular weight excluding hydrogens is 685 g/mol. The second-order valence-corrected chi connectivity index (χ2v) is 15.2. The minimum absolute atomic E-state index is 1.12. The predicted octanol–water partition coefficient (Wildman–Crippen LogP) is 15.1. The van der Waals surface area contributed by atoms with Crippen LogP contribution in [-0.4, -0.2) is 4.57 Å². The van der Waals surface area contributed by atoms with Gasteiger partial charge in [0, 0.05) is 53.7 Å². The molecule has 0 aliphatic rings. The summed E-state index contributed by atoms with van der Waals surface area (Å²) in [6.07, 6.45) is 0. The highest BCUT2D eigenvalue weighted by atomic mass is 32.1. The zero-order valence-corrected chi connectivity index (χ0v) is 30.7. The second-order valence-electron chi connectivity index (χ2n) is 14.2. The molecule has 0 saturated heterocycles. The quantitative estimate of drug-likeness (QED) is 0.166. The summed E-state index contributed by atoms with van der Waals surface area (Å²) < 4.78 is 4.99. The Morgan fingerprint density at radius 2 is 0.927 bits per heavy atom. The summed E-state index contributed by atoms with van der Waals surface area (Å²) in [6, 6.07) is 75.1. The zero-order valence-electron chi connectivity index (χ0n) is 29.9. The fourth-order valence-corrected chi connectivity index (χ4v) is 9.48. The Kier molecular flexibility index (Phi) is 7.39. The van der Waals surface area contributed by atoms with Gasteiger partial charge in [-0.05, 0) is 99.8 Å². The van der Waals surface area contributed by atoms with E-state index < -0.39 is 0 Å². The lowest BCUT2D eigenvalue weighted by molar-refractivity contribution is 1.19. The Bertz CT molecular complexity index is 3090. The number of hydrogen-bond acceptors (Lipinski definition) is 2. The Morgan fingerprint density at radius 1 is 0.345 bits per heavy atom. The smallest absolute Gasteiger partial charge is 0.0547 e. The average molecular weight is 719 g/mol. The lowest BCUT2D eigenvalue weighted by Crippen LogP contribution is -2.09. The Labute approximate surface area is 323 Å². The molecule has 0 bridgehead atoms. The first-order chi connectivity index (χ1) is 27.3. The molecule has 0 spiro atoms. The number of thiophene rings is 1. The van der Waals surface area contributed by atoms with Gasteiger partial charge in [-0.15, -0.1) is 11.3 Å². The van der Waals surface area contributed by atoms with Crippen LogP contribution in [0.25, 0.3) is 80.7 Å². The molecule has 11 rings (SSSR count). The third-order valence-corrected chi connectivity index (χ3v) is 12.1. The number of anilines is 3. The minimum atomic E-state index is 1.12. The van der Waals surface area contributed by atoms with Gasteiger partial charge in [0.15, 0.2) is 0 Å². The molecule has 0 atom stereocenters. The molecule has 55 heavy (non-hydrogen) atoms. The first-order valence-electron chi connectivity index (χ1n) is 18.8. The highest BCUT2D eigenvalue weighted by Crippen LogP contribution is 2.43. The van der Waals surface area contributed by atoms with Crippen LogP contribution in [0.3, 0.4) is 0 Å². The number of nitrogens with zero attached hydrogens (tertiary/aromatic N) is 2. The number of fused-ring (bicyclic) bond motifs is 8. The van der Waals surface area contributed by atoms with E-state index in [1.165, 1.54) is 80.7 Å². The molecule has 2 heterocycles. The molecule has 3 heteroatoms. The van der Waals surface area contributed by atoms with E-state index in [9.17, 15) is 0 Å². The summed E-state index contributed by atoms with van der Waals surface area (Å²) in [5, 5.41) is 7.70. The second kappa shape index (κ2) is 12.9. The molecular formula is C52H34N2S. The minimum Gasteiger partial charge on any atom is -0.310 e. The van der Waals surface area contributed by atoms with Gasteiger partial charge >= 0.3 is 0 Å². The van der Waals surface area contributed by atoms with Crippen molar-refractivity contribution in [1.82, 2.24) is 4.57 Å². The fraction of sp³-hybridized carbons (Fsp3) is 0. The van der Waals surface area contributed by atoms with Crippen molar-refractivity contribution in [3.8, 4) is 27.9 Å². The van der Waals surface area contributed by atoms with E-state index in [4.69, 9.17) is 0 Å². The maximum atomic E-state index is 2.44. The summed E-state index contributed by atoms with van der Waals surface area (Å²) in [7, 11) is 0. The molecule has 0 amide bonds. The number of rotatable bonds is 6. The highest BCUT2D eigenvalue weighted by molar-refractivity contribution is 7.25. The maximum Gasteiger partial charge on any atom is 0.0547 e. The summed E-state index contributed by atoms with van der Waals surface area (Å²) in [4.78, 5) is 2.38. The van der Waals surface area contributed by atoms with Gasteiger partial charge in [-0.1, -0.05) is 140 Å². The molecule has 0 N–H and O–H groups in total. The van der Waals surface area contributed by atoms with Gasteiger partial charge in [0.2, 0.25) is 0 Å². The highest BCUT2D eigenvalue weighted by Gasteiger charge is 2.18. The van der Waals surface area contributed by atoms with E-state index in [1.54, 1.807) is 0 Å². The van der Waals surface area contributed by atoms with Crippen LogP contribution >= 0.6 is 11.3 Å². The molecule has 2 aromatic heterocycles. The molecule has 258 valence electrons. The van der Waals surface area contributed by atoms with Gasteiger partial charge in [0.05, 0.1) is 11.0 Å². The number of aromatic nitrogens is 1. The summed E-state index contributed by atoms with van der Waals surface area (Å²) >= 11 is 1.86. The summed E-state index contributed by atoms with van der Waals surface area (Å²) in [6.45, 7) is 0. The predicted molar refractivity (Wildman–Crippen MR) is 237 cm³/mol. The van der Waals surface area contributed by atoms with Crippen LogP contribution in [-0.2, 0) is 0 Å². The van der Waals surface area contributed by atoms with Gasteiger partial charge in [-0.2, -0.15) is 0 Å². The third kappa shape index (κ3) is 5.32. The largest absolute Gasteiger partial charge is 0.310 e.